The van der Waals surface area contributed by atoms with Gasteiger partial charge < -0.3 is 14.8 Å². The van der Waals surface area contributed by atoms with Crippen molar-refractivity contribution in [2.75, 3.05) is 25.6 Å². The van der Waals surface area contributed by atoms with Crippen molar-refractivity contribution in [2.45, 2.75) is 0 Å². The maximum atomic E-state index is 5.66. The lowest BCUT2D eigenvalue weighted by molar-refractivity contribution is 0.332. The summed E-state index contributed by atoms with van der Waals surface area (Å²) < 4.78 is 12.9. The second-order valence-electron chi connectivity index (χ2n) is 4.08. The summed E-state index contributed by atoms with van der Waals surface area (Å²) in [4.78, 5) is 0. The predicted octanol–water partition coefficient (Wildman–Crippen LogP) is 4.71. The second-order valence-corrected chi connectivity index (χ2v) is 5.85. The first-order valence-corrected chi connectivity index (χ1v) is 7.73. The minimum absolute atomic E-state index is 0.592. The monoisotopic (exact) mass is 399 g/mol. The quantitative estimate of drug-likeness (QED) is 0.712. The summed E-state index contributed by atoms with van der Waals surface area (Å²) in [5.41, 5.74) is 1.00. The fourth-order valence-corrected chi connectivity index (χ4v) is 2.48. The zero-order valence-corrected chi connectivity index (χ0v) is 14.2. The third kappa shape index (κ3) is 4.42. The predicted molar refractivity (Wildman–Crippen MR) is 88.8 cm³/mol. The van der Waals surface area contributed by atoms with Crippen LogP contribution in [0.25, 0.3) is 0 Å². The SMILES string of the molecule is COc1cc(NCCOc2cccc(Br)c2)ccc1Br. The Morgan fingerprint density at radius 2 is 1.95 bits per heavy atom. The molecule has 0 heterocycles. The fraction of sp³-hybridized carbons (Fsp3) is 0.200. The van der Waals surface area contributed by atoms with Crippen LogP contribution >= 0.6 is 31.9 Å². The molecule has 3 nitrogen and oxygen atoms in total. The average molecular weight is 401 g/mol. The van der Waals surface area contributed by atoms with Crippen molar-refractivity contribution in [3.8, 4) is 11.5 Å². The number of nitrogens with one attached hydrogen (secondary N) is 1. The van der Waals surface area contributed by atoms with Gasteiger partial charge in [-0.2, -0.15) is 0 Å². The Bertz CT molecular complexity index is 576. The lowest BCUT2D eigenvalue weighted by Crippen LogP contribution is -2.11. The molecule has 0 atom stereocenters. The van der Waals surface area contributed by atoms with Gasteiger partial charge in [0.05, 0.1) is 11.6 Å². The highest BCUT2D eigenvalue weighted by Gasteiger charge is 2.01. The van der Waals surface area contributed by atoms with E-state index in [1.807, 2.05) is 42.5 Å². The van der Waals surface area contributed by atoms with Crippen LogP contribution in [0.15, 0.2) is 51.4 Å². The van der Waals surface area contributed by atoms with Crippen LogP contribution in [0.3, 0.4) is 0 Å². The Hall–Kier alpha value is -1.20. The van der Waals surface area contributed by atoms with Gasteiger partial charge in [-0.1, -0.05) is 22.0 Å². The molecule has 0 saturated heterocycles. The van der Waals surface area contributed by atoms with Crippen LogP contribution < -0.4 is 14.8 Å². The number of methoxy groups -OCH3 is 1. The molecule has 5 heteroatoms. The minimum Gasteiger partial charge on any atom is -0.495 e. The first-order chi connectivity index (χ1) is 9.69. The van der Waals surface area contributed by atoms with E-state index in [9.17, 15) is 0 Å². The molecule has 2 aromatic carbocycles. The van der Waals surface area contributed by atoms with Crippen LogP contribution in [0, 0.1) is 0 Å². The molecule has 2 aromatic rings. The number of hydrogen-bond donors (Lipinski definition) is 1. The maximum absolute atomic E-state index is 5.66. The fourth-order valence-electron chi connectivity index (χ4n) is 1.69. The molecule has 2 rings (SSSR count). The molecule has 106 valence electrons. The molecule has 0 fully saturated rings. The smallest absolute Gasteiger partial charge is 0.135 e. The van der Waals surface area contributed by atoms with Crippen molar-refractivity contribution < 1.29 is 9.47 Å². The molecule has 0 aliphatic carbocycles. The van der Waals surface area contributed by atoms with Crippen LogP contribution in [0.2, 0.25) is 0 Å². The van der Waals surface area contributed by atoms with Crippen LogP contribution in [-0.4, -0.2) is 20.3 Å². The van der Waals surface area contributed by atoms with Crippen molar-refractivity contribution in [3.05, 3.63) is 51.4 Å². The summed E-state index contributed by atoms with van der Waals surface area (Å²) in [5.74, 6) is 1.66. The topological polar surface area (TPSA) is 30.5 Å². The van der Waals surface area contributed by atoms with E-state index < -0.39 is 0 Å². The Kier molecular flexibility index (Phi) is 5.73. The molecule has 1 N–H and O–H groups in total. The Labute approximate surface area is 135 Å². The maximum Gasteiger partial charge on any atom is 0.135 e. The van der Waals surface area contributed by atoms with E-state index in [0.717, 1.165) is 32.7 Å². The molecule has 0 amide bonds. The number of anilines is 1. The van der Waals surface area contributed by atoms with Crippen molar-refractivity contribution in [1.82, 2.24) is 0 Å². The first-order valence-electron chi connectivity index (χ1n) is 6.15. The summed E-state index contributed by atoms with van der Waals surface area (Å²) in [5, 5.41) is 3.29. The standard InChI is InChI=1S/C15H15Br2NO2/c1-19-15-10-12(5-6-14(15)17)18-7-8-20-13-4-2-3-11(16)9-13/h2-6,9-10,18H,7-8H2,1H3. The van der Waals surface area contributed by atoms with Crippen LogP contribution in [0.5, 0.6) is 11.5 Å². The first kappa shape index (κ1) is 15.2. The lowest BCUT2D eigenvalue weighted by atomic mass is 10.3. The summed E-state index contributed by atoms with van der Waals surface area (Å²) in [6.07, 6.45) is 0. The second kappa shape index (κ2) is 7.55. The van der Waals surface area contributed by atoms with E-state index in [0.29, 0.717) is 6.61 Å². The molecule has 0 saturated carbocycles. The summed E-state index contributed by atoms with van der Waals surface area (Å²) >= 11 is 6.84. The molecule has 0 spiro atoms. The number of rotatable bonds is 6. The van der Waals surface area contributed by atoms with Gasteiger partial charge in [0.1, 0.15) is 18.1 Å². The highest BCUT2D eigenvalue weighted by molar-refractivity contribution is 9.10. The van der Waals surface area contributed by atoms with Gasteiger partial charge in [0.25, 0.3) is 0 Å². The largest absolute Gasteiger partial charge is 0.495 e. The van der Waals surface area contributed by atoms with Crippen LogP contribution in [0.4, 0.5) is 5.69 Å². The summed E-state index contributed by atoms with van der Waals surface area (Å²) in [6, 6.07) is 13.7. The number of hydrogen-bond acceptors (Lipinski definition) is 3. The van der Waals surface area contributed by atoms with E-state index >= 15 is 0 Å². The van der Waals surface area contributed by atoms with Gasteiger partial charge in [-0.25, -0.2) is 0 Å². The summed E-state index contributed by atoms with van der Waals surface area (Å²) in [6.45, 7) is 1.31. The van der Waals surface area contributed by atoms with Crippen molar-refractivity contribution in [3.63, 3.8) is 0 Å². The van der Waals surface area contributed by atoms with Gasteiger partial charge in [-0.3, -0.25) is 0 Å². The molecule has 0 aromatic heterocycles. The minimum atomic E-state index is 0.592. The molecule has 0 aliphatic heterocycles. The Morgan fingerprint density at radius 1 is 1.10 bits per heavy atom. The molecular formula is C15H15Br2NO2. The van der Waals surface area contributed by atoms with Gasteiger partial charge in [-0.15, -0.1) is 0 Å². The molecule has 0 aliphatic rings. The van der Waals surface area contributed by atoms with Crippen molar-refractivity contribution in [2.24, 2.45) is 0 Å². The van der Waals surface area contributed by atoms with Gasteiger partial charge >= 0.3 is 0 Å². The van der Waals surface area contributed by atoms with E-state index in [4.69, 9.17) is 9.47 Å². The Morgan fingerprint density at radius 3 is 2.70 bits per heavy atom. The zero-order valence-electron chi connectivity index (χ0n) is 11.0. The molecule has 20 heavy (non-hydrogen) atoms. The number of benzene rings is 2. The van der Waals surface area contributed by atoms with Gasteiger partial charge in [0, 0.05) is 22.8 Å². The third-order valence-electron chi connectivity index (χ3n) is 2.65. The molecular weight excluding hydrogens is 386 g/mol. The molecule has 0 unspecified atom stereocenters. The van der Waals surface area contributed by atoms with Gasteiger partial charge in [0.2, 0.25) is 0 Å². The van der Waals surface area contributed by atoms with E-state index in [1.165, 1.54) is 0 Å². The van der Waals surface area contributed by atoms with Crippen LogP contribution in [0.1, 0.15) is 0 Å². The number of ether oxygens (including phenoxy) is 2. The van der Waals surface area contributed by atoms with Crippen molar-refractivity contribution in [1.29, 1.82) is 0 Å². The van der Waals surface area contributed by atoms with Crippen molar-refractivity contribution >= 4 is 37.5 Å². The normalized spacial score (nSPS) is 10.2. The number of halogens is 2. The third-order valence-corrected chi connectivity index (χ3v) is 3.80. The van der Waals surface area contributed by atoms with E-state index in [2.05, 4.69) is 37.2 Å². The lowest BCUT2D eigenvalue weighted by Gasteiger charge is -2.10. The van der Waals surface area contributed by atoms with E-state index in [1.54, 1.807) is 7.11 Å². The van der Waals surface area contributed by atoms with Gasteiger partial charge in [-0.05, 0) is 46.3 Å². The van der Waals surface area contributed by atoms with E-state index in [-0.39, 0.29) is 0 Å². The van der Waals surface area contributed by atoms with Gasteiger partial charge in [0.15, 0.2) is 0 Å². The Balaban J connectivity index is 1.81. The highest BCUT2D eigenvalue weighted by atomic mass is 79.9. The van der Waals surface area contributed by atoms with Crippen LogP contribution in [-0.2, 0) is 0 Å². The highest BCUT2D eigenvalue weighted by Crippen LogP contribution is 2.27. The summed E-state index contributed by atoms with van der Waals surface area (Å²) in [7, 11) is 1.65. The molecule has 0 radical (unpaired) electrons. The molecule has 0 bridgehead atoms. The zero-order chi connectivity index (χ0) is 14.4. The average Bonchev–Trinajstić information content (AvgIpc) is 2.45.